The van der Waals surface area contributed by atoms with Gasteiger partial charge in [0.2, 0.25) is 5.91 Å². The van der Waals surface area contributed by atoms with Crippen LogP contribution in [0.4, 0.5) is 10.1 Å². The van der Waals surface area contributed by atoms with Gasteiger partial charge in [0.05, 0.1) is 18.7 Å². The van der Waals surface area contributed by atoms with Gasteiger partial charge in [-0.1, -0.05) is 49.7 Å². The molecule has 3 aromatic rings. The summed E-state index contributed by atoms with van der Waals surface area (Å²) in [5.41, 5.74) is 3.78. The average Bonchev–Trinajstić information content (AvgIpc) is 3.04. The minimum Gasteiger partial charge on any atom is -0.491 e. The van der Waals surface area contributed by atoms with Crippen molar-refractivity contribution in [3.8, 4) is 5.75 Å². The lowest BCUT2D eigenvalue weighted by atomic mass is 10.1. The van der Waals surface area contributed by atoms with Gasteiger partial charge < -0.3 is 14.5 Å². The molecule has 4 rings (SSSR count). The molecular weight excluding hydrogens is 431 g/mol. The van der Waals surface area contributed by atoms with Crippen molar-refractivity contribution in [3.63, 3.8) is 0 Å². The van der Waals surface area contributed by atoms with Crippen molar-refractivity contribution in [3.05, 3.63) is 94.8 Å². The van der Waals surface area contributed by atoms with Crippen molar-refractivity contribution in [2.24, 2.45) is 5.92 Å². The van der Waals surface area contributed by atoms with Gasteiger partial charge in [0.25, 0.3) is 5.91 Å². The van der Waals surface area contributed by atoms with Crippen LogP contribution in [-0.2, 0) is 17.9 Å². The Morgan fingerprint density at radius 2 is 1.79 bits per heavy atom. The molecule has 0 saturated heterocycles. The monoisotopic (exact) mass is 460 g/mol. The van der Waals surface area contributed by atoms with E-state index >= 15 is 0 Å². The molecule has 0 radical (unpaired) electrons. The normalized spacial score (nSPS) is 13.1. The third kappa shape index (κ3) is 5.11. The van der Waals surface area contributed by atoms with Crippen LogP contribution in [0.1, 0.15) is 40.9 Å². The van der Waals surface area contributed by atoms with Gasteiger partial charge in [-0.3, -0.25) is 9.59 Å². The summed E-state index contributed by atoms with van der Waals surface area (Å²) in [6.45, 7) is 7.18. The quantitative estimate of drug-likeness (QED) is 0.515. The van der Waals surface area contributed by atoms with Crippen LogP contribution in [0.15, 0.2) is 66.7 Å². The van der Waals surface area contributed by atoms with Crippen LogP contribution in [-0.4, -0.2) is 29.9 Å². The minimum absolute atomic E-state index is 0.0337. The summed E-state index contributed by atoms with van der Waals surface area (Å²) < 4.78 is 20.1. The molecule has 0 aromatic heterocycles. The predicted molar refractivity (Wildman–Crippen MR) is 130 cm³/mol. The Bertz CT molecular complexity index is 1190. The molecule has 0 saturated carbocycles. The fraction of sp³-hybridized carbons (Fsp3) is 0.286. The summed E-state index contributed by atoms with van der Waals surface area (Å²) in [4.78, 5) is 29.4. The first-order valence-corrected chi connectivity index (χ1v) is 11.5. The van der Waals surface area contributed by atoms with E-state index in [2.05, 4.69) is 0 Å². The van der Waals surface area contributed by atoms with E-state index < -0.39 is 5.82 Å². The van der Waals surface area contributed by atoms with Gasteiger partial charge in [-0.25, -0.2) is 4.39 Å². The Kier molecular flexibility index (Phi) is 6.96. The number of hydrogen-bond donors (Lipinski definition) is 0. The Hall–Kier alpha value is -3.67. The van der Waals surface area contributed by atoms with Crippen LogP contribution in [0.5, 0.6) is 5.75 Å². The standard InChI is InChI=1S/C28H29FN2O3/c1-19(2)27(32)31(23-11-8-20(3)9-12-23)17-21-10-13-26-22(16-21)18-30(14-15-34-26)28(33)24-6-4-5-7-25(24)29/h4-13,16,19H,14-15,17-18H2,1-3H3. The highest BCUT2D eigenvalue weighted by molar-refractivity contribution is 5.95. The largest absolute Gasteiger partial charge is 0.491 e. The number of hydrogen-bond acceptors (Lipinski definition) is 3. The lowest BCUT2D eigenvalue weighted by Crippen LogP contribution is -2.34. The number of anilines is 1. The van der Waals surface area contributed by atoms with Gasteiger partial charge in [-0.2, -0.15) is 0 Å². The summed E-state index contributed by atoms with van der Waals surface area (Å²) in [7, 11) is 0. The van der Waals surface area contributed by atoms with Gasteiger partial charge in [-0.15, -0.1) is 0 Å². The number of aryl methyl sites for hydroxylation is 1. The lowest BCUT2D eigenvalue weighted by Gasteiger charge is -2.26. The Balaban J connectivity index is 1.60. The highest BCUT2D eigenvalue weighted by Crippen LogP contribution is 2.28. The predicted octanol–water partition coefficient (Wildman–Crippen LogP) is 5.36. The zero-order valence-corrected chi connectivity index (χ0v) is 19.8. The zero-order valence-electron chi connectivity index (χ0n) is 19.8. The van der Waals surface area contributed by atoms with Crippen molar-refractivity contribution in [2.75, 3.05) is 18.1 Å². The van der Waals surface area contributed by atoms with Crippen LogP contribution in [0.3, 0.4) is 0 Å². The van der Waals surface area contributed by atoms with Gasteiger partial charge >= 0.3 is 0 Å². The Morgan fingerprint density at radius 1 is 1.06 bits per heavy atom. The second-order valence-electron chi connectivity index (χ2n) is 8.91. The molecule has 34 heavy (non-hydrogen) atoms. The number of amides is 2. The molecule has 5 nitrogen and oxygen atoms in total. The lowest BCUT2D eigenvalue weighted by molar-refractivity contribution is -0.121. The highest BCUT2D eigenvalue weighted by atomic mass is 19.1. The first kappa shape index (κ1) is 23.5. The highest BCUT2D eigenvalue weighted by Gasteiger charge is 2.24. The van der Waals surface area contributed by atoms with E-state index in [1.54, 1.807) is 21.9 Å². The molecule has 2 amide bonds. The van der Waals surface area contributed by atoms with Gasteiger partial charge in [0, 0.05) is 23.7 Å². The van der Waals surface area contributed by atoms with Gasteiger partial charge in [0.15, 0.2) is 0 Å². The first-order valence-electron chi connectivity index (χ1n) is 11.5. The maximum atomic E-state index is 14.2. The average molecular weight is 461 g/mol. The molecule has 0 spiro atoms. The van der Waals surface area contributed by atoms with E-state index in [9.17, 15) is 14.0 Å². The number of benzene rings is 3. The molecule has 1 aliphatic rings. The summed E-state index contributed by atoms with van der Waals surface area (Å²) in [5, 5.41) is 0. The summed E-state index contributed by atoms with van der Waals surface area (Å²) in [6, 6.07) is 19.7. The number of ether oxygens (including phenoxy) is 1. The summed E-state index contributed by atoms with van der Waals surface area (Å²) in [6.07, 6.45) is 0. The molecule has 3 aromatic carbocycles. The third-order valence-corrected chi connectivity index (χ3v) is 5.94. The molecule has 6 heteroatoms. The molecular formula is C28H29FN2O3. The molecule has 176 valence electrons. The van der Waals surface area contributed by atoms with E-state index in [0.717, 1.165) is 22.4 Å². The van der Waals surface area contributed by atoms with Crippen molar-refractivity contribution >= 4 is 17.5 Å². The second-order valence-corrected chi connectivity index (χ2v) is 8.91. The molecule has 0 aliphatic carbocycles. The molecule has 1 heterocycles. The molecule has 0 N–H and O–H groups in total. The number of carbonyl (C=O) groups excluding carboxylic acids is 2. The van der Waals surface area contributed by atoms with E-state index in [-0.39, 0.29) is 23.3 Å². The third-order valence-electron chi connectivity index (χ3n) is 5.94. The van der Waals surface area contributed by atoms with Crippen molar-refractivity contribution in [1.29, 1.82) is 0 Å². The summed E-state index contributed by atoms with van der Waals surface area (Å²) >= 11 is 0. The Morgan fingerprint density at radius 3 is 2.50 bits per heavy atom. The van der Waals surface area contributed by atoms with Crippen molar-refractivity contribution < 1.29 is 18.7 Å². The smallest absolute Gasteiger partial charge is 0.257 e. The van der Waals surface area contributed by atoms with E-state index in [0.29, 0.717) is 32.0 Å². The summed E-state index contributed by atoms with van der Waals surface area (Å²) in [5.74, 6) is -0.320. The SMILES string of the molecule is Cc1ccc(N(Cc2ccc3c(c2)CN(C(=O)c2ccccc2F)CCO3)C(=O)C(C)C)cc1. The molecule has 1 aliphatic heterocycles. The maximum absolute atomic E-state index is 14.2. The number of fused-ring (bicyclic) bond motifs is 1. The van der Waals surface area contributed by atoms with Crippen LogP contribution in [0.25, 0.3) is 0 Å². The zero-order chi connectivity index (χ0) is 24.2. The van der Waals surface area contributed by atoms with Crippen LogP contribution < -0.4 is 9.64 Å². The molecule has 0 unspecified atom stereocenters. The van der Waals surface area contributed by atoms with E-state index in [4.69, 9.17) is 4.74 Å². The maximum Gasteiger partial charge on any atom is 0.257 e. The number of halogens is 1. The fourth-order valence-electron chi connectivity index (χ4n) is 4.04. The van der Waals surface area contributed by atoms with Crippen molar-refractivity contribution in [1.82, 2.24) is 4.90 Å². The van der Waals surface area contributed by atoms with Gasteiger partial charge in [-0.05, 0) is 48.9 Å². The van der Waals surface area contributed by atoms with Crippen LogP contribution >= 0.6 is 0 Å². The van der Waals surface area contributed by atoms with Crippen molar-refractivity contribution in [2.45, 2.75) is 33.9 Å². The molecule has 0 fully saturated rings. The number of nitrogens with zero attached hydrogens (tertiary/aromatic N) is 2. The number of rotatable bonds is 5. The van der Waals surface area contributed by atoms with E-state index in [1.165, 1.54) is 12.1 Å². The van der Waals surface area contributed by atoms with Crippen LogP contribution in [0, 0.1) is 18.7 Å². The Labute approximate surface area is 199 Å². The fourth-order valence-corrected chi connectivity index (χ4v) is 4.04. The van der Waals surface area contributed by atoms with Gasteiger partial charge in [0.1, 0.15) is 18.2 Å². The van der Waals surface area contributed by atoms with Crippen LogP contribution in [0.2, 0.25) is 0 Å². The number of carbonyl (C=O) groups is 2. The second kappa shape index (κ2) is 10.1. The molecule has 0 atom stereocenters. The first-order chi connectivity index (χ1) is 16.3. The topological polar surface area (TPSA) is 49.9 Å². The minimum atomic E-state index is -0.535. The molecule has 0 bridgehead atoms. The van der Waals surface area contributed by atoms with E-state index in [1.807, 2.05) is 63.2 Å².